The van der Waals surface area contributed by atoms with Crippen LogP contribution in [0.1, 0.15) is 19.4 Å². The first-order valence-corrected chi connectivity index (χ1v) is 11.2. The lowest BCUT2D eigenvalue weighted by Crippen LogP contribution is -2.64. The van der Waals surface area contributed by atoms with Gasteiger partial charge in [0.05, 0.1) is 6.54 Å². The number of hydrogen-bond acceptors (Lipinski definition) is 5. The number of benzene rings is 1. The van der Waals surface area contributed by atoms with Gasteiger partial charge in [-0.05, 0) is 25.5 Å². The summed E-state index contributed by atoms with van der Waals surface area (Å²) in [6.45, 7) is 3.89. The first-order chi connectivity index (χ1) is 16.2. The molecule has 0 radical (unpaired) electrons. The molecule has 0 saturated carbocycles. The van der Waals surface area contributed by atoms with Crippen molar-refractivity contribution in [2.45, 2.75) is 38.4 Å². The number of nitrogens with zero attached hydrogens (tertiary/aromatic N) is 2. The van der Waals surface area contributed by atoms with Crippen molar-refractivity contribution >= 4 is 34.7 Å². The average molecular weight is 473 g/mol. The number of nitrogens with one attached hydrogen (secondary N) is 3. The van der Waals surface area contributed by atoms with Crippen molar-refractivity contribution in [3.63, 3.8) is 0 Å². The monoisotopic (exact) mass is 472 g/mol. The second kappa shape index (κ2) is 11.0. The zero-order valence-corrected chi connectivity index (χ0v) is 19.7. The minimum atomic E-state index is -0.994. The maximum atomic E-state index is 13.3. The smallest absolute Gasteiger partial charge is 0.317 e. The Morgan fingerprint density at radius 1 is 1.18 bits per heavy atom. The number of piperazine rings is 1. The van der Waals surface area contributed by atoms with Crippen molar-refractivity contribution in [2.75, 3.05) is 33.4 Å². The number of ether oxygens (including phenoxy) is 1. The second-order valence-electron chi connectivity index (χ2n) is 8.61. The van der Waals surface area contributed by atoms with Crippen molar-refractivity contribution in [1.29, 1.82) is 0 Å². The van der Waals surface area contributed by atoms with Crippen LogP contribution < -0.4 is 16.4 Å². The Labute approximate surface area is 198 Å². The molecule has 11 heteroatoms. The number of urea groups is 1. The molecule has 0 unspecified atom stereocenters. The van der Waals surface area contributed by atoms with Crippen LogP contribution in [0.3, 0.4) is 0 Å². The molecule has 184 valence electrons. The number of carbonyl (C=O) groups is 4. The molecule has 2 atom stereocenters. The molecule has 1 aromatic heterocycles. The molecule has 0 bridgehead atoms. The quantitative estimate of drug-likeness (QED) is 0.425. The number of amides is 5. The fourth-order valence-corrected chi connectivity index (χ4v) is 4.05. The van der Waals surface area contributed by atoms with Crippen LogP contribution in [0.2, 0.25) is 0 Å². The van der Waals surface area contributed by atoms with E-state index in [2.05, 4.69) is 15.6 Å². The highest BCUT2D eigenvalue weighted by Crippen LogP contribution is 2.19. The highest BCUT2D eigenvalue weighted by atomic mass is 16.5. The Morgan fingerprint density at radius 3 is 2.59 bits per heavy atom. The number of methoxy groups -OCH3 is 1. The molecule has 5 amide bonds. The van der Waals surface area contributed by atoms with E-state index in [-0.39, 0.29) is 50.6 Å². The van der Waals surface area contributed by atoms with Gasteiger partial charge in [0.1, 0.15) is 18.7 Å². The van der Waals surface area contributed by atoms with Crippen molar-refractivity contribution in [3.05, 3.63) is 36.0 Å². The van der Waals surface area contributed by atoms with Gasteiger partial charge in [-0.1, -0.05) is 18.2 Å². The van der Waals surface area contributed by atoms with Crippen LogP contribution in [0.15, 0.2) is 30.5 Å². The molecular formula is C23H32N6O5. The Balaban J connectivity index is 1.78. The number of H-pyrrole nitrogens is 1. The molecule has 1 saturated heterocycles. The predicted octanol–water partition coefficient (Wildman–Crippen LogP) is -0.0423. The molecule has 0 spiro atoms. The van der Waals surface area contributed by atoms with Crippen molar-refractivity contribution in [2.24, 2.45) is 5.73 Å². The molecule has 1 aliphatic rings. The van der Waals surface area contributed by atoms with E-state index in [0.29, 0.717) is 0 Å². The van der Waals surface area contributed by atoms with Crippen LogP contribution in [0.5, 0.6) is 0 Å². The third-order valence-electron chi connectivity index (χ3n) is 5.73. The average Bonchev–Trinajstić information content (AvgIpc) is 3.20. The van der Waals surface area contributed by atoms with Crippen molar-refractivity contribution in [1.82, 2.24) is 25.4 Å². The van der Waals surface area contributed by atoms with E-state index in [4.69, 9.17) is 10.5 Å². The number of para-hydroxylation sites is 1. The molecular weight excluding hydrogens is 440 g/mol. The molecule has 0 aliphatic carbocycles. The molecule has 5 N–H and O–H groups in total. The van der Waals surface area contributed by atoms with Gasteiger partial charge in [0.15, 0.2) is 0 Å². The normalized spacial score (nSPS) is 17.0. The number of primary amides is 1. The topological polar surface area (TPSA) is 150 Å². The highest BCUT2D eigenvalue weighted by molar-refractivity contribution is 5.93. The maximum absolute atomic E-state index is 13.3. The van der Waals surface area contributed by atoms with E-state index >= 15 is 0 Å². The fraction of sp³-hybridized carbons (Fsp3) is 0.478. The number of fused-ring (bicyclic) bond motifs is 1. The predicted molar refractivity (Wildman–Crippen MR) is 126 cm³/mol. The maximum Gasteiger partial charge on any atom is 0.317 e. The number of hydrogen-bond donors (Lipinski definition) is 4. The minimum Gasteiger partial charge on any atom is -0.375 e. The Morgan fingerprint density at radius 2 is 1.91 bits per heavy atom. The Kier molecular flexibility index (Phi) is 8.11. The number of aromatic nitrogens is 1. The molecule has 3 rings (SSSR count). The first kappa shape index (κ1) is 25.0. The van der Waals surface area contributed by atoms with E-state index in [9.17, 15) is 19.2 Å². The summed E-state index contributed by atoms with van der Waals surface area (Å²) in [6, 6.07) is 5.22. The summed E-state index contributed by atoms with van der Waals surface area (Å²) in [5, 5.41) is 6.42. The second-order valence-corrected chi connectivity index (χ2v) is 8.61. The van der Waals surface area contributed by atoms with E-state index in [1.165, 1.54) is 16.9 Å². The summed E-state index contributed by atoms with van der Waals surface area (Å²) in [7, 11) is 1.39. The van der Waals surface area contributed by atoms with Gasteiger partial charge in [0.25, 0.3) is 0 Å². The zero-order valence-electron chi connectivity index (χ0n) is 19.7. The Bertz CT molecular complexity index is 1050. The third kappa shape index (κ3) is 5.84. The Hall–Kier alpha value is -3.60. The first-order valence-electron chi connectivity index (χ1n) is 11.2. The van der Waals surface area contributed by atoms with Gasteiger partial charge in [-0.2, -0.15) is 0 Å². The lowest BCUT2D eigenvalue weighted by atomic mass is 10.0. The van der Waals surface area contributed by atoms with Gasteiger partial charge in [0, 0.05) is 49.8 Å². The summed E-state index contributed by atoms with van der Waals surface area (Å²) in [5.74, 6) is -1.63. The highest BCUT2D eigenvalue weighted by Gasteiger charge is 2.38. The van der Waals surface area contributed by atoms with Gasteiger partial charge in [-0.3, -0.25) is 14.4 Å². The largest absolute Gasteiger partial charge is 0.375 e. The van der Waals surface area contributed by atoms with Crippen LogP contribution in [0, 0.1) is 0 Å². The lowest BCUT2D eigenvalue weighted by Gasteiger charge is -2.41. The number of carbonyl (C=O) groups excluding carboxylic acids is 4. The number of rotatable bonds is 8. The van der Waals surface area contributed by atoms with Gasteiger partial charge in [-0.25, -0.2) is 4.79 Å². The summed E-state index contributed by atoms with van der Waals surface area (Å²) >= 11 is 0. The lowest BCUT2D eigenvalue weighted by molar-refractivity contribution is -0.146. The van der Waals surface area contributed by atoms with Crippen molar-refractivity contribution < 1.29 is 23.9 Å². The summed E-state index contributed by atoms with van der Waals surface area (Å²) in [4.78, 5) is 56.6. The SMILES string of the molecule is COCC(=O)N1CCN(C(=O)NC(C)C)C[C@@H]1C(=O)N[C@H](Cc1c[nH]c2ccccc12)C(N)=O. The summed E-state index contributed by atoms with van der Waals surface area (Å²) < 4.78 is 4.95. The standard InChI is InChI=1S/C23H32N6O5/c1-14(2)26-23(33)28-8-9-29(20(30)13-34-3)19(12-28)22(32)27-18(21(24)31)10-15-11-25-17-7-5-4-6-16(15)17/h4-7,11,14,18-19,25H,8-10,12-13H2,1-3H3,(H2,24,31)(H,26,33)(H,27,32)/t18-,19-/m1/s1. The van der Waals surface area contributed by atoms with Crippen molar-refractivity contribution in [3.8, 4) is 0 Å². The van der Waals surface area contributed by atoms with E-state index in [1.807, 2.05) is 38.1 Å². The minimum absolute atomic E-state index is 0.0155. The van der Waals surface area contributed by atoms with E-state index in [0.717, 1.165) is 16.5 Å². The summed E-state index contributed by atoms with van der Waals surface area (Å²) in [6.07, 6.45) is 1.96. The fourth-order valence-electron chi connectivity index (χ4n) is 4.05. The number of aromatic amines is 1. The van der Waals surface area contributed by atoms with Crippen LogP contribution in [-0.4, -0.2) is 90.0 Å². The van der Waals surface area contributed by atoms with Gasteiger partial charge < -0.3 is 35.9 Å². The molecule has 2 aromatic rings. The molecule has 11 nitrogen and oxygen atoms in total. The third-order valence-corrected chi connectivity index (χ3v) is 5.73. The van der Waals surface area contributed by atoms with Gasteiger partial charge >= 0.3 is 6.03 Å². The van der Waals surface area contributed by atoms with Crippen LogP contribution in [0.25, 0.3) is 10.9 Å². The van der Waals surface area contributed by atoms with Crippen LogP contribution in [0.4, 0.5) is 4.79 Å². The van der Waals surface area contributed by atoms with Gasteiger partial charge in [0.2, 0.25) is 17.7 Å². The van der Waals surface area contributed by atoms with E-state index < -0.39 is 23.9 Å². The molecule has 1 aliphatic heterocycles. The van der Waals surface area contributed by atoms with Crippen LogP contribution >= 0.6 is 0 Å². The molecule has 1 aromatic carbocycles. The summed E-state index contributed by atoms with van der Waals surface area (Å²) in [5.41, 5.74) is 7.34. The molecule has 34 heavy (non-hydrogen) atoms. The van der Waals surface area contributed by atoms with Gasteiger partial charge in [-0.15, -0.1) is 0 Å². The molecule has 1 fully saturated rings. The number of nitrogens with two attached hydrogens (primary N) is 1. The van der Waals surface area contributed by atoms with Crippen LogP contribution in [-0.2, 0) is 25.5 Å². The zero-order chi connectivity index (χ0) is 24.8. The van der Waals surface area contributed by atoms with E-state index in [1.54, 1.807) is 6.20 Å². The molecule has 2 heterocycles.